The Labute approximate surface area is 224 Å². The molecule has 2 unspecified atom stereocenters. The van der Waals surface area contributed by atoms with Crippen LogP contribution in [-0.2, 0) is 17.7 Å². The third kappa shape index (κ3) is 4.40. The summed E-state index contributed by atoms with van der Waals surface area (Å²) in [6.07, 6.45) is 2.63. The van der Waals surface area contributed by atoms with Crippen molar-refractivity contribution >= 4 is 28.4 Å². The van der Waals surface area contributed by atoms with Crippen LogP contribution < -0.4 is 14.5 Å². The van der Waals surface area contributed by atoms with Gasteiger partial charge in [-0.25, -0.2) is 4.79 Å². The lowest BCUT2D eigenvalue weighted by Gasteiger charge is -2.43. The zero-order valence-electron chi connectivity index (χ0n) is 23.0. The maximum Gasteiger partial charge on any atom is 0.410 e. The molecule has 0 aliphatic carbocycles. The lowest BCUT2D eigenvalue weighted by Crippen LogP contribution is -2.57. The van der Waals surface area contributed by atoms with E-state index in [-0.39, 0.29) is 18.2 Å². The fraction of sp³-hybridized carbons (Fsp3) is 0.500. The number of aromatic nitrogens is 2. The van der Waals surface area contributed by atoms with Gasteiger partial charge in [0.1, 0.15) is 11.4 Å². The van der Waals surface area contributed by atoms with Crippen LogP contribution in [0.2, 0.25) is 0 Å². The van der Waals surface area contributed by atoms with Crippen molar-refractivity contribution < 1.29 is 14.3 Å². The van der Waals surface area contributed by atoms with Gasteiger partial charge in [-0.3, -0.25) is 4.90 Å². The summed E-state index contributed by atoms with van der Waals surface area (Å²) in [5.74, 6) is 0.960. The van der Waals surface area contributed by atoms with Gasteiger partial charge < -0.3 is 19.3 Å². The highest BCUT2D eigenvalue weighted by Crippen LogP contribution is 2.38. The van der Waals surface area contributed by atoms with Gasteiger partial charge in [-0.2, -0.15) is 9.97 Å². The van der Waals surface area contributed by atoms with Gasteiger partial charge in [-0.15, -0.1) is 0 Å². The second-order valence-electron chi connectivity index (χ2n) is 11.8. The minimum absolute atomic E-state index is 0.124. The number of piperazine rings is 1. The first kappa shape index (κ1) is 24.8. The van der Waals surface area contributed by atoms with E-state index in [2.05, 4.69) is 53.1 Å². The average molecular weight is 516 g/mol. The Morgan fingerprint density at radius 2 is 1.71 bits per heavy atom. The van der Waals surface area contributed by atoms with Crippen LogP contribution in [0.3, 0.4) is 0 Å². The molecule has 6 rings (SSSR count). The van der Waals surface area contributed by atoms with Crippen molar-refractivity contribution in [2.75, 3.05) is 36.5 Å². The second-order valence-corrected chi connectivity index (χ2v) is 11.8. The van der Waals surface area contributed by atoms with E-state index in [1.165, 1.54) is 27.6 Å². The first-order valence-corrected chi connectivity index (χ1v) is 13.6. The van der Waals surface area contributed by atoms with Crippen molar-refractivity contribution in [2.24, 2.45) is 0 Å². The zero-order valence-corrected chi connectivity index (χ0v) is 23.0. The van der Waals surface area contributed by atoms with Crippen LogP contribution in [0.15, 0.2) is 36.4 Å². The van der Waals surface area contributed by atoms with Crippen LogP contribution in [0.4, 0.5) is 16.3 Å². The number of carbonyl (C=O) groups excluding carboxylic acids is 1. The van der Waals surface area contributed by atoms with Crippen LogP contribution in [-0.4, -0.2) is 65.4 Å². The summed E-state index contributed by atoms with van der Waals surface area (Å²) in [7, 11) is 1.63. The molecule has 200 valence electrons. The number of methoxy groups -OCH3 is 1. The molecule has 2 atom stereocenters. The summed E-state index contributed by atoms with van der Waals surface area (Å²) in [4.78, 5) is 29.4. The molecule has 0 N–H and O–H groups in total. The molecule has 0 saturated carbocycles. The molecule has 8 heteroatoms. The lowest BCUT2D eigenvalue weighted by molar-refractivity contribution is 0.0122. The summed E-state index contributed by atoms with van der Waals surface area (Å²) >= 11 is 0. The Morgan fingerprint density at radius 1 is 1.00 bits per heavy atom. The molecule has 2 aromatic carbocycles. The summed E-state index contributed by atoms with van der Waals surface area (Å²) in [5, 5.41) is 2.56. The van der Waals surface area contributed by atoms with Crippen molar-refractivity contribution in [3.63, 3.8) is 0 Å². The number of fused-ring (bicyclic) bond motifs is 4. The highest BCUT2D eigenvalue weighted by Gasteiger charge is 2.45. The number of amides is 1. The molecule has 2 saturated heterocycles. The number of hydrogen-bond donors (Lipinski definition) is 0. The Kier molecular flexibility index (Phi) is 6.08. The van der Waals surface area contributed by atoms with Gasteiger partial charge >= 0.3 is 12.1 Å². The smallest absolute Gasteiger partial charge is 0.410 e. The van der Waals surface area contributed by atoms with E-state index in [4.69, 9.17) is 19.4 Å². The molecule has 3 aliphatic heterocycles. The highest BCUT2D eigenvalue weighted by molar-refractivity contribution is 5.97. The lowest BCUT2D eigenvalue weighted by atomic mass is 9.99. The van der Waals surface area contributed by atoms with Crippen LogP contribution in [0.1, 0.15) is 50.4 Å². The van der Waals surface area contributed by atoms with E-state index in [9.17, 15) is 4.79 Å². The number of carbonyl (C=O) groups is 1. The van der Waals surface area contributed by atoms with Crippen LogP contribution in [0.5, 0.6) is 6.01 Å². The quantitative estimate of drug-likeness (QED) is 0.481. The maximum atomic E-state index is 13.0. The summed E-state index contributed by atoms with van der Waals surface area (Å²) in [6.45, 7) is 11.0. The van der Waals surface area contributed by atoms with Crippen molar-refractivity contribution in [3.05, 3.63) is 53.2 Å². The summed E-state index contributed by atoms with van der Waals surface area (Å²) < 4.78 is 11.3. The van der Waals surface area contributed by atoms with Crippen LogP contribution >= 0.6 is 0 Å². The van der Waals surface area contributed by atoms with E-state index < -0.39 is 5.60 Å². The SMILES string of the molecule is COc1nc2c(c(N3CC4CCC(C3)N4C(=O)OC(C)(C)C)n1)CCN(c1cccc3cccc(C)c13)C2. The molecule has 8 nitrogen and oxygen atoms in total. The number of rotatable bonds is 3. The standard InChI is InChI=1S/C30H37N5O3/c1-19-8-6-9-20-10-7-11-25(26(19)20)33-15-14-23-24(18-33)31-28(37-5)32-27(23)34-16-21-12-13-22(17-34)35(21)29(36)38-30(2,3)4/h6-11,21-22H,12-18H2,1-5H3. The molecular formula is C30H37N5O3. The van der Waals surface area contributed by atoms with Gasteiger partial charge in [0, 0.05) is 36.3 Å². The maximum absolute atomic E-state index is 13.0. The Bertz CT molecular complexity index is 1370. The molecule has 38 heavy (non-hydrogen) atoms. The minimum Gasteiger partial charge on any atom is -0.467 e. The van der Waals surface area contributed by atoms with Crippen molar-refractivity contribution in [2.45, 2.75) is 71.2 Å². The molecule has 3 aromatic rings. The van der Waals surface area contributed by atoms with Crippen LogP contribution in [0, 0.1) is 6.92 Å². The van der Waals surface area contributed by atoms with E-state index >= 15 is 0 Å². The van der Waals surface area contributed by atoms with E-state index in [0.29, 0.717) is 12.6 Å². The van der Waals surface area contributed by atoms with E-state index in [1.807, 2.05) is 25.7 Å². The molecule has 4 heterocycles. The molecule has 1 aromatic heterocycles. The zero-order chi connectivity index (χ0) is 26.6. The first-order valence-electron chi connectivity index (χ1n) is 13.6. The number of nitrogens with zero attached hydrogens (tertiary/aromatic N) is 5. The Balaban J connectivity index is 1.29. The predicted molar refractivity (Wildman–Crippen MR) is 149 cm³/mol. The number of hydrogen-bond acceptors (Lipinski definition) is 7. The third-order valence-corrected chi connectivity index (χ3v) is 8.02. The number of aryl methyl sites for hydroxylation is 1. The Hall–Kier alpha value is -3.55. The largest absolute Gasteiger partial charge is 0.467 e. The molecule has 2 bridgehead atoms. The molecule has 1 amide bonds. The number of anilines is 2. The fourth-order valence-electron chi connectivity index (χ4n) is 6.40. The van der Waals surface area contributed by atoms with Crippen molar-refractivity contribution in [3.8, 4) is 6.01 Å². The fourth-order valence-corrected chi connectivity index (χ4v) is 6.40. The van der Waals surface area contributed by atoms with Gasteiger partial charge in [0.05, 0.1) is 31.4 Å². The molecule has 2 fully saturated rings. The third-order valence-electron chi connectivity index (χ3n) is 8.02. The van der Waals surface area contributed by atoms with Gasteiger partial charge in [0.25, 0.3) is 0 Å². The Morgan fingerprint density at radius 3 is 2.39 bits per heavy atom. The van der Waals surface area contributed by atoms with Crippen molar-refractivity contribution in [1.82, 2.24) is 14.9 Å². The molecular weight excluding hydrogens is 478 g/mol. The second kappa shape index (κ2) is 9.33. The van der Waals surface area contributed by atoms with Gasteiger partial charge in [-0.05, 0) is 64.0 Å². The van der Waals surface area contributed by atoms with Crippen molar-refractivity contribution in [1.29, 1.82) is 0 Å². The average Bonchev–Trinajstić information content (AvgIpc) is 3.16. The first-order chi connectivity index (χ1) is 18.2. The topological polar surface area (TPSA) is 71.0 Å². The highest BCUT2D eigenvalue weighted by atomic mass is 16.6. The van der Waals surface area contributed by atoms with E-state index in [1.54, 1.807) is 7.11 Å². The molecule has 0 spiro atoms. The minimum atomic E-state index is -0.499. The number of ether oxygens (including phenoxy) is 2. The normalized spacial score (nSPS) is 21.0. The summed E-state index contributed by atoms with van der Waals surface area (Å²) in [5.41, 5.74) is 4.24. The monoisotopic (exact) mass is 515 g/mol. The van der Waals surface area contributed by atoms with Gasteiger partial charge in [0.2, 0.25) is 0 Å². The predicted octanol–water partition coefficient (Wildman–Crippen LogP) is 5.10. The van der Waals surface area contributed by atoms with E-state index in [0.717, 1.165) is 50.4 Å². The van der Waals surface area contributed by atoms with Gasteiger partial charge in [-0.1, -0.05) is 30.3 Å². The molecule has 3 aliphatic rings. The molecule has 0 radical (unpaired) electrons. The summed E-state index contributed by atoms with van der Waals surface area (Å²) in [6, 6.07) is 13.7. The van der Waals surface area contributed by atoms with Gasteiger partial charge in [0.15, 0.2) is 0 Å². The van der Waals surface area contributed by atoms with Crippen LogP contribution in [0.25, 0.3) is 10.8 Å². The number of benzene rings is 2.